The fraction of sp³-hybridized carbons (Fsp3) is 0.435. The van der Waals surface area contributed by atoms with E-state index in [0.717, 1.165) is 23.6 Å². The van der Waals surface area contributed by atoms with Gasteiger partial charge >= 0.3 is 0 Å². The number of hydrogen-bond acceptors (Lipinski definition) is 3. The zero-order valence-electron chi connectivity index (χ0n) is 16.2. The number of nitrogens with zero attached hydrogens (tertiary/aromatic N) is 1. The average Bonchev–Trinajstić information content (AvgIpc) is 2.70. The molecule has 3 rings (SSSR count). The Balaban J connectivity index is 1.37. The lowest BCUT2D eigenvalue weighted by molar-refractivity contribution is 0.0956. The third kappa shape index (κ3) is 6.40. The first-order chi connectivity index (χ1) is 13.2. The van der Waals surface area contributed by atoms with Crippen molar-refractivity contribution in [3.63, 3.8) is 0 Å². The molecule has 1 fully saturated rings. The van der Waals surface area contributed by atoms with Crippen molar-refractivity contribution in [1.29, 1.82) is 0 Å². The maximum absolute atomic E-state index is 12.3. The van der Waals surface area contributed by atoms with Crippen LogP contribution < -0.4 is 5.32 Å². The molecule has 0 bridgehead atoms. The van der Waals surface area contributed by atoms with E-state index in [2.05, 4.69) is 53.5 Å². The van der Waals surface area contributed by atoms with Crippen LogP contribution in [0.1, 0.15) is 46.3 Å². The first-order valence-electron chi connectivity index (χ1n) is 9.94. The maximum atomic E-state index is 12.3. The monoisotopic (exact) mass is 382 g/mol. The van der Waals surface area contributed by atoms with Gasteiger partial charge in [-0.25, -0.2) is 0 Å². The zero-order valence-corrected chi connectivity index (χ0v) is 17.1. The highest BCUT2D eigenvalue weighted by molar-refractivity contribution is 7.98. The van der Waals surface area contributed by atoms with Crippen LogP contribution in [0.4, 0.5) is 0 Å². The van der Waals surface area contributed by atoms with Crippen molar-refractivity contribution in [2.24, 2.45) is 0 Å². The standard InChI is InChI=1S/C23H30N2OS/c1-19-7-3-4-8-22(19)18-27-16-13-24-23(26)21-11-9-20(10-12-21)17-25-14-5-2-6-15-25/h3-4,7-12H,2,5-6,13-18H2,1H3,(H,24,26). The number of aryl methyl sites for hydroxylation is 1. The molecule has 1 saturated heterocycles. The summed E-state index contributed by atoms with van der Waals surface area (Å²) in [7, 11) is 0. The van der Waals surface area contributed by atoms with Crippen LogP contribution in [-0.2, 0) is 12.3 Å². The highest BCUT2D eigenvalue weighted by Gasteiger charge is 2.11. The van der Waals surface area contributed by atoms with E-state index in [1.165, 1.54) is 49.0 Å². The van der Waals surface area contributed by atoms with E-state index in [0.29, 0.717) is 6.54 Å². The Morgan fingerprint density at radius 2 is 1.78 bits per heavy atom. The number of nitrogens with one attached hydrogen (secondary N) is 1. The molecule has 1 N–H and O–H groups in total. The van der Waals surface area contributed by atoms with Crippen molar-refractivity contribution in [1.82, 2.24) is 10.2 Å². The van der Waals surface area contributed by atoms with Crippen molar-refractivity contribution >= 4 is 17.7 Å². The number of carbonyl (C=O) groups is 1. The molecule has 0 saturated carbocycles. The minimum Gasteiger partial charge on any atom is -0.351 e. The Bertz CT molecular complexity index is 723. The third-order valence-corrected chi connectivity index (χ3v) is 6.13. The number of hydrogen-bond donors (Lipinski definition) is 1. The molecule has 144 valence electrons. The van der Waals surface area contributed by atoms with E-state index < -0.39 is 0 Å². The quantitative estimate of drug-likeness (QED) is 0.675. The predicted molar refractivity (Wildman–Crippen MR) is 115 cm³/mol. The first-order valence-corrected chi connectivity index (χ1v) is 11.1. The second-order valence-electron chi connectivity index (χ2n) is 7.27. The molecule has 0 atom stereocenters. The van der Waals surface area contributed by atoms with Gasteiger partial charge in [0, 0.05) is 30.2 Å². The summed E-state index contributed by atoms with van der Waals surface area (Å²) in [6.07, 6.45) is 3.98. The Morgan fingerprint density at radius 3 is 2.52 bits per heavy atom. The number of piperidine rings is 1. The minimum atomic E-state index is 0.0241. The lowest BCUT2D eigenvalue weighted by Gasteiger charge is -2.26. The number of likely N-dealkylation sites (tertiary alicyclic amines) is 1. The molecule has 1 heterocycles. The molecule has 0 spiro atoms. The molecule has 1 aliphatic rings. The van der Waals surface area contributed by atoms with E-state index in [-0.39, 0.29) is 5.91 Å². The molecule has 0 unspecified atom stereocenters. The molecule has 27 heavy (non-hydrogen) atoms. The molecule has 0 aromatic heterocycles. The fourth-order valence-corrected chi connectivity index (χ4v) is 4.36. The minimum absolute atomic E-state index is 0.0241. The van der Waals surface area contributed by atoms with Crippen LogP contribution in [-0.4, -0.2) is 36.2 Å². The summed E-state index contributed by atoms with van der Waals surface area (Å²) >= 11 is 1.86. The summed E-state index contributed by atoms with van der Waals surface area (Å²) in [5.41, 5.74) is 4.75. The molecule has 2 aromatic carbocycles. The van der Waals surface area contributed by atoms with Gasteiger partial charge in [0.05, 0.1) is 0 Å². The average molecular weight is 383 g/mol. The maximum Gasteiger partial charge on any atom is 0.251 e. The highest BCUT2D eigenvalue weighted by Crippen LogP contribution is 2.16. The summed E-state index contributed by atoms with van der Waals surface area (Å²) in [4.78, 5) is 14.8. The number of carbonyl (C=O) groups excluding carboxylic acids is 1. The molecular weight excluding hydrogens is 352 g/mol. The second-order valence-corrected chi connectivity index (χ2v) is 8.37. The number of rotatable bonds is 8. The molecule has 1 aliphatic heterocycles. The molecular formula is C23H30N2OS. The second kappa shape index (κ2) is 10.5. The van der Waals surface area contributed by atoms with Crippen molar-refractivity contribution < 1.29 is 4.79 Å². The fourth-order valence-electron chi connectivity index (χ4n) is 3.43. The van der Waals surface area contributed by atoms with Crippen LogP contribution in [0.15, 0.2) is 48.5 Å². The summed E-state index contributed by atoms with van der Waals surface area (Å²) in [6.45, 7) is 6.24. The van der Waals surface area contributed by atoms with Crippen LogP contribution in [0, 0.1) is 6.92 Å². The van der Waals surface area contributed by atoms with E-state index in [4.69, 9.17) is 0 Å². The number of benzene rings is 2. The summed E-state index contributed by atoms with van der Waals surface area (Å²) in [6, 6.07) is 16.6. The van der Waals surface area contributed by atoms with Crippen molar-refractivity contribution in [3.05, 3.63) is 70.8 Å². The number of thioether (sulfide) groups is 1. The smallest absolute Gasteiger partial charge is 0.251 e. The lowest BCUT2D eigenvalue weighted by Crippen LogP contribution is -2.29. The van der Waals surface area contributed by atoms with Gasteiger partial charge in [-0.05, 0) is 61.7 Å². The van der Waals surface area contributed by atoms with E-state index in [1.54, 1.807) is 0 Å². The normalized spacial score (nSPS) is 14.9. The van der Waals surface area contributed by atoms with Gasteiger partial charge in [-0.1, -0.05) is 42.8 Å². The Labute approximate surface area is 167 Å². The molecule has 1 amide bonds. The Kier molecular flexibility index (Phi) is 7.79. The Hall–Kier alpha value is -1.78. The van der Waals surface area contributed by atoms with Gasteiger partial charge in [0.1, 0.15) is 0 Å². The van der Waals surface area contributed by atoms with Gasteiger partial charge < -0.3 is 5.32 Å². The van der Waals surface area contributed by atoms with Gasteiger partial charge in [-0.2, -0.15) is 11.8 Å². The topological polar surface area (TPSA) is 32.3 Å². The highest BCUT2D eigenvalue weighted by atomic mass is 32.2. The van der Waals surface area contributed by atoms with Crippen molar-refractivity contribution in [2.45, 2.75) is 38.5 Å². The largest absolute Gasteiger partial charge is 0.351 e. The van der Waals surface area contributed by atoms with Crippen LogP contribution in [0.25, 0.3) is 0 Å². The summed E-state index contributed by atoms with van der Waals surface area (Å²) in [5, 5.41) is 3.03. The summed E-state index contributed by atoms with van der Waals surface area (Å²) in [5.74, 6) is 1.94. The molecule has 2 aromatic rings. The van der Waals surface area contributed by atoms with Crippen LogP contribution in [0.2, 0.25) is 0 Å². The Morgan fingerprint density at radius 1 is 1.04 bits per heavy atom. The van der Waals surface area contributed by atoms with E-state index in [9.17, 15) is 4.79 Å². The SMILES string of the molecule is Cc1ccccc1CSCCNC(=O)c1ccc(CN2CCCCC2)cc1. The van der Waals surface area contributed by atoms with Crippen molar-refractivity contribution in [2.75, 3.05) is 25.4 Å². The predicted octanol–water partition coefficient (Wildman–Crippen LogP) is 4.64. The third-order valence-electron chi connectivity index (χ3n) is 5.12. The van der Waals surface area contributed by atoms with Gasteiger partial charge in [0.25, 0.3) is 5.91 Å². The lowest BCUT2D eigenvalue weighted by atomic mass is 10.1. The first kappa shape index (κ1) is 20.0. The molecule has 0 aliphatic carbocycles. The molecule has 4 heteroatoms. The van der Waals surface area contributed by atoms with E-state index in [1.807, 2.05) is 23.9 Å². The summed E-state index contributed by atoms with van der Waals surface area (Å²) < 4.78 is 0. The van der Waals surface area contributed by atoms with Gasteiger partial charge in [0.15, 0.2) is 0 Å². The molecule has 0 radical (unpaired) electrons. The molecule has 3 nitrogen and oxygen atoms in total. The van der Waals surface area contributed by atoms with Crippen LogP contribution in [0.5, 0.6) is 0 Å². The zero-order chi connectivity index (χ0) is 18.9. The van der Waals surface area contributed by atoms with Crippen LogP contribution in [0.3, 0.4) is 0 Å². The number of amides is 1. The van der Waals surface area contributed by atoms with Crippen molar-refractivity contribution in [3.8, 4) is 0 Å². The van der Waals surface area contributed by atoms with Gasteiger partial charge in [-0.15, -0.1) is 0 Å². The van der Waals surface area contributed by atoms with Gasteiger partial charge in [0.2, 0.25) is 0 Å². The van der Waals surface area contributed by atoms with E-state index >= 15 is 0 Å². The van der Waals surface area contributed by atoms with Gasteiger partial charge in [-0.3, -0.25) is 9.69 Å². The van der Waals surface area contributed by atoms with Crippen LogP contribution >= 0.6 is 11.8 Å².